The van der Waals surface area contributed by atoms with E-state index in [2.05, 4.69) is 153 Å². The molecule has 0 amide bonds. The number of hydrogen-bond acceptors (Lipinski definition) is 12. The van der Waals surface area contributed by atoms with E-state index in [1.54, 1.807) is 13.8 Å². The van der Waals surface area contributed by atoms with Crippen molar-refractivity contribution in [3.63, 3.8) is 0 Å². The average molecular weight is 1310 g/mol. The fraction of sp³-hybridized carbons (Fsp3) is 0.436. The third-order valence-electron chi connectivity index (χ3n) is 17.6. The largest absolute Gasteiger partial charge is 0.507 e. The van der Waals surface area contributed by atoms with E-state index in [0.29, 0.717) is 109 Å². The normalized spacial score (nSPS) is 16.1. The smallest absolute Gasteiger partial charge is 0.338 e. The summed E-state index contributed by atoms with van der Waals surface area (Å²) in [7, 11) is 0. The second-order valence-electron chi connectivity index (χ2n) is 29.1. The van der Waals surface area contributed by atoms with E-state index >= 15 is 0 Å². The van der Waals surface area contributed by atoms with Crippen molar-refractivity contribution in [3.05, 3.63) is 197 Å². The van der Waals surface area contributed by atoms with Crippen LogP contribution in [0.25, 0.3) is 0 Å². The van der Waals surface area contributed by atoms with Crippen LogP contribution in [0, 0.1) is 0 Å². The molecule has 0 fully saturated rings. The van der Waals surface area contributed by atoms with E-state index in [1.165, 1.54) is 0 Å². The van der Waals surface area contributed by atoms with E-state index in [9.17, 15) is 19.8 Å². The van der Waals surface area contributed by atoms with E-state index in [-0.39, 0.29) is 46.4 Å². The first-order valence-electron chi connectivity index (χ1n) is 33.0. The van der Waals surface area contributed by atoms with Crippen LogP contribution in [-0.4, -0.2) is 72.0 Å². The molecule has 0 saturated heterocycles. The summed E-state index contributed by atoms with van der Waals surface area (Å²) >= 11 is 11.0. The van der Waals surface area contributed by atoms with Crippen molar-refractivity contribution < 1.29 is 48.2 Å². The van der Waals surface area contributed by atoms with Gasteiger partial charge in [0.2, 0.25) is 0 Å². The van der Waals surface area contributed by atoms with Gasteiger partial charge in [-0.3, -0.25) is 0 Å². The second-order valence-corrected chi connectivity index (χ2v) is 29.9. The molecule has 0 aromatic heterocycles. The Kier molecular flexibility index (Phi) is 21.6. The molecule has 94 heavy (non-hydrogen) atoms. The van der Waals surface area contributed by atoms with Crippen LogP contribution in [0.15, 0.2) is 120 Å². The molecule has 6 N–H and O–H groups in total. The predicted molar refractivity (Wildman–Crippen MR) is 381 cm³/mol. The highest BCUT2D eigenvalue weighted by molar-refractivity contribution is 7.80. The minimum atomic E-state index is -0.485. The minimum Gasteiger partial charge on any atom is -0.507 e. The number of carbonyl (C=O) groups is 2. The lowest BCUT2D eigenvalue weighted by atomic mass is 9.79. The summed E-state index contributed by atoms with van der Waals surface area (Å²) in [6.07, 6.45) is 2.58. The Labute approximate surface area is 567 Å². The first kappa shape index (κ1) is 70.2. The summed E-state index contributed by atoms with van der Waals surface area (Å²) in [6.45, 7) is 35.6. The maximum absolute atomic E-state index is 13.1. The van der Waals surface area contributed by atoms with E-state index in [1.807, 2.05) is 62.4 Å². The van der Waals surface area contributed by atoms with Crippen LogP contribution < -0.4 is 40.2 Å². The fourth-order valence-electron chi connectivity index (χ4n) is 12.2. The van der Waals surface area contributed by atoms with Crippen molar-refractivity contribution >= 4 is 46.6 Å². The molecule has 0 saturated carbocycles. The number of phenols is 2. The number of aromatic hydroxyl groups is 2. The van der Waals surface area contributed by atoms with Gasteiger partial charge in [0.15, 0.2) is 10.2 Å². The molecular formula is C78H96N4O10S2. The molecule has 1 aliphatic carbocycles. The van der Waals surface area contributed by atoms with Gasteiger partial charge in [0.25, 0.3) is 0 Å². The maximum Gasteiger partial charge on any atom is 0.338 e. The number of fused-ring (bicyclic) bond motifs is 8. The molecule has 2 unspecified atom stereocenters. The van der Waals surface area contributed by atoms with Crippen molar-refractivity contribution in [2.45, 2.75) is 183 Å². The van der Waals surface area contributed by atoms with Gasteiger partial charge in [0.05, 0.1) is 62.9 Å². The summed E-state index contributed by atoms with van der Waals surface area (Å²) < 4.78 is 37.6. The number of ether oxygens (including phenoxy) is 6. The van der Waals surface area contributed by atoms with Gasteiger partial charge < -0.3 is 59.9 Å². The number of hydrogen-bond donors (Lipinski definition) is 6. The maximum atomic E-state index is 13.1. The zero-order valence-corrected chi connectivity index (χ0v) is 59.5. The molecule has 2 atom stereocenters. The molecule has 3 aliphatic rings. The predicted octanol–water partition coefficient (Wildman–Crippen LogP) is 15.4. The third kappa shape index (κ3) is 16.7. The summed E-state index contributed by atoms with van der Waals surface area (Å²) in [5.41, 5.74) is 14.1. The molecule has 16 heteroatoms. The first-order valence-corrected chi connectivity index (χ1v) is 33.8. The summed E-state index contributed by atoms with van der Waals surface area (Å²) in [5, 5.41) is 39.3. The summed E-state index contributed by atoms with van der Waals surface area (Å²) in [4.78, 5) is 26.2. The van der Waals surface area contributed by atoms with Crippen LogP contribution in [0.3, 0.4) is 0 Å². The van der Waals surface area contributed by atoms with Crippen molar-refractivity contribution in [2.75, 3.05) is 39.6 Å². The van der Waals surface area contributed by atoms with Gasteiger partial charge in [0.1, 0.15) is 34.5 Å². The van der Waals surface area contributed by atoms with Crippen LogP contribution in [0.1, 0.15) is 214 Å². The molecule has 0 spiro atoms. The quantitative estimate of drug-likeness (QED) is 0.0271. The van der Waals surface area contributed by atoms with Gasteiger partial charge in [-0.15, -0.1) is 0 Å². The number of allylic oxidation sites excluding steroid dienone is 2. The van der Waals surface area contributed by atoms with E-state index in [4.69, 9.17) is 52.9 Å². The number of rotatable bonds is 18. The Morgan fingerprint density at radius 2 is 0.702 bits per heavy atom. The van der Waals surface area contributed by atoms with Crippen molar-refractivity contribution in [2.24, 2.45) is 0 Å². The zero-order chi connectivity index (χ0) is 68.2. The molecule has 8 bridgehead atoms. The van der Waals surface area contributed by atoms with Crippen LogP contribution in [0.2, 0.25) is 0 Å². The molecule has 14 nitrogen and oxygen atoms in total. The third-order valence-corrected chi connectivity index (χ3v) is 18.0. The molecule has 2 aliphatic heterocycles. The number of carbonyl (C=O) groups excluding carboxylic acids is 2. The number of nitrogens with one attached hydrogen (secondary N) is 4. The van der Waals surface area contributed by atoms with Gasteiger partial charge >= 0.3 is 11.9 Å². The molecule has 0 radical (unpaired) electrons. The zero-order valence-electron chi connectivity index (χ0n) is 57.9. The Balaban J connectivity index is 1.05. The molecule has 9 rings (SSSR count). The van der Waals surface area contributed by atoms with Crippen molar-refractivity contribution in [1.29, 1.82) is 0 Å². The van der Waals surface area contributed by atoms with E-state index in [0.717, 1.165) is 89.4 Å². The molecule has 6 aromatic rings. The number of benzene rings is 6. The van der Waals surface area contributed by atoms with Gasteiger partial charge in [-0.05, 0) is 176 Å². The Morgan fingerprint density at radius 3 is 0.968 bits per heavy atom. The minimum absolute atomic E-state index is 0.225. The Morgan fingerprint density at radius 1 is 0.436 bits per heavy atom. The lowest BCUT2D eigenvalue weighted by Gasteiger charge is -2.29. The topological polar surface area (TPSA) is 178 Å². The molecular weight excluding hydrogens is 1220 g/mol. The standard InChI is InChI=1S/C78H96N4O10S2/c1-17-87-71(85)63-45(3)79-73(93)81-65(63)47-21-25-61(26-22-47)89-29-19-31-91-69-53-33-49-37-57(75(5,6)7)39-51(67(49)83)35-55-43-60(78(14,15)16)44-56(36-52-40-58(76(8,9)10)38-50(68(52)84)34-54(69)42-59(41-53)77(11,12)13)70(55)92-32-20-30-90-62-27-23-48(24-28-62)66-64(72(86)88-18-2)46(4)80-74(94)82-66/h21-28,37-44,65-66,83-84H,17-20,29-36H2,1-16H3,(H2,79,81,93)(H2,80,82,94). The van der Waals surface area contributed by atoms with E-state index < -0.39 is 24.0 Å². The number of thiocarbonyl (C=S) groups is 2. The van der Waals surface area contributed by atoms with Gasteiger partial charge in [0, 0.05) is 49.9 Å². The second kappa shape index (κ2) is 28.9. The van der Waals surface area contributed by atoms with Crippen LogP contribution in [0.4, 0.5) is 0 Å². The Hall–Kier alpha value is -8.08. The SMILES string of the molecule is CCOC(=O)C1=C(C)NC(=S)NC1c1ccc(OCCCOc2c3cc(C(C)(C)C)cc2Cc2cc(C(C)(C)C)cc(c2O)Cc2cc(C(C)(C)C)cc(c2OCCCOc2ccc(C4NC(=S)NC(C)=C4C(=O)OCC)cc2)Cc2cc(C(C)(C)C)cc(c2O)C3)cc1. The van der Waals surface area contributed by atoms with Crippen LogP contribution in [0.5, 0.6) is 34.5 Å². The highest BCUT2D eigenvalue weighted by Crippen LogP contribution is 2.45. The van der Waals surface area contributed by atoms with Crippen LogP contribution in [-0.2, 0) is 66.4 Å². The Bertz CT molecular complexity index is 3550. The monoisotopic (exact) mass is 1310 g/mol. The highest BCUT2D eigenvalue weighted by Gasteiger charge is 2.34. The lowest BCUT2D eigenvalue weighted by molar-refractivity contribution is -0.140. The highest BCUT2D eigenvalue weighted by atomic mass is 32.1. The summed E-state index contributed by atoms with van der Waals surface area (Å²) in [5.74, 6) is 2.41. The molecule has 6 aromatic carbocycles. The van der Waals surface area contributed by atoms with Gasteiger partial charge in [-0.2, -0.15) is 0 Å². The number of esters is 2. The van der Waals surface area contributed by atoms with Gasteiger partial charge in [-0.25, -0.2) is 9.59 Å². The molecule has 2 heterocycles. The van der Waals surface area contributed by atoms with Gasteiger partial charge in [-0.1, -0.05) is 156 Å². The van der Waals surface area contributed by atoms with Crippen LogP contribution >= 0.6 is 24.4 Å². The molecule has 500 valence electrons. The fourth-order valence-corrected chi connectivity index (χ4v) is 12.8. The lowest BCUT2D eigenvalue weighted by Crippen LogP contribution is -2.45. The van der Waals surface area contributed by atoms with Crippen molar-refractivity contribution in [1.82, 2.24) is 21.3 Å². The average Bonchev–Trinajstić information content (AvgIpc) is 0.774. The van der Waals surface area contributed by atoms with Crippen molar-refractivity contribution in [3.8, 4) is 34.5 Å². The first-order chi connectivity index (χ1) is 44.3. The summed E-state index contributed by atoms with van der Waals surface area (Å²) in [6, 6.07) is 31.9. The number of phenolic OH excluding ortho intramolecular Hbond substituents is 2.